The average Bonchev–Trinajstić information content (AvgIpc) is 2.93. The summed E-state index contributed by atoms with van der Waals surface area (Å²) in [7, 11) is 0. The summed E-state index contributed by atoms with van der Waals surface area (Å²) in [6.45, 7) is 1.74. The van der Waals surface area contributed by atoms with Crippen LogP contribution in [0.2, 0.25) is 0 Å². The van der Waals surface area contributed by atoms with Gasteiger partial charge in [0.05, 0.1) is 5.56 Å². The van der Waals surface area contributed by atoms with Crippen molar-refractivity contribution in [3.8, 4) is 16.9 Å². The largest absolute Gasteiger partial charge is 0.491 e. The van der Waals surface area contributed by atoms with E-state index in [0.29, 0.717) is 17.7 Å². The number of urea groups is 1. The quantitative estimate of drug-likeness (QED) is 0.779. The molecule has 0 spiro atoms. The standard InChI is InChI=1S/C19H17F3N2O3/c1-2-18(16(25)23-17(26)24-18)11-27-15-9-5-13(6-10-15)12-3-7-14(8-4-12)19(20,21)22/h3-10H,2,11H2,1H3,(H2,23,24,25,26). The zero-order chi connectivity index (χ0) is 19.7. The average molecular weight is 378 g/mol. The van der Waals surface area contributed by atoms with Gasteiger partial charge in [0, 0.05) is 0 Å². The molecule has 2 N–H and O–H groups in total. The number of halogens is 3. The third kappa shape index (κ3) is 3.89. The Kier molecular flexibility index (Phi) is 4.82. The van der Waals surface area contributed by atoms with Crippen LogP contribution in [0, 0.1) is 0 Å². The lowest BCUT2D eigenvalue weighted by Crippen LogP contribution is -2.51. The number of ether oxygens (including phenoxy) is 1. The number of rotatable bonds is 5. The van der Waals surface area contributed by atoms with E-state index < -0.39 is 29.2 Å². The van der Waals surface area contributed by atoms with Gasteiger partial charge in [-0.05, 0) is 41.8 Å². The van der Waals surface area contributed by atoms with Gasteiger partial charge in [0.15, 0.2) is 5.54 Å². The van der Waals surface area contributed by atoms with Crippen molar-refractivity contribution in [3.63, 3.8) is 0 Å². The zero-order valence-corrected chi connectivity index (χ0v) is 14.4. The molecule has 3 amide bonds. The molecule has 0 bridgehead atoms. The summed E-state index contributed by atoms with van der Waals surface area (Å²) in [6.07, 6.45) is -4.00. The minimum absolute atomic E-state index is 0.0271. The van der Waals surface area contributed by atoms with Gasteiger partial charge in [0.1, 0.15) is 12.4 Å². The predicted molar refractivity (Wildman–Crippen MR) is 92.1 cm³/mol. The van der Waals surface area contributed by atoms with Gasteiger partial charge in [-0.25, -0.2) is 4.79 Å². The number of nitrogens with one attached hydrogen (secondary N) is 2. The van der Waals surface area contributed by atoms with Gasteiger partial charge in [-0.2, -0.15) is 13.2 Å². The summed E-state index contributed by atoms with van der Waals surface area (Å²) in [5.74, 6) is 0.0452. The zero-order valence-electron chi connectivity index (χ0n) is 14.4. The predicted octanol–water partition coefficient (Wildman–Crippen LogP) is 3.74. The summed E-state index contributed by atoms with van der Waals surface area (Å²) < 4.78 is 43.5. The van der Waals surface area contributed by atoms with Crippen LogP contribution in [0.15, 0.2) is 48.5 Å². The maximum absolute atomic E-state index is 12.6. The first-order valence-corrected chi connectivity index (χ1v) is 8.27. The second kappa shape index (κ2) is 6.94. The first kappa shape index (κ1) is 18.8. The van der Waals surface area contributed by atoms with E-state index in [1.54, 1.807) is 31.2 Å². The number of benzene rings is 2. The van der Waals surface area contributed by atoms with Gasteiger partial charge in [0.2, 0.25) is 0 Å². The van der Waals surface area contributed by atoms with Gasteiger partial charge in [0.25, 0.3) is 5.91 Å². The molecule has 2 aromatic rings. The van der Waals surface area contributed by atoms with E-state index in [1.165, 1.54) is 12.1 Å². The van der Waals surface area contributed by atoms with E-state index in [0.717, 1.165) is 17.7 Å². The van der Waals surface area contributed by atoms with Crippen LogP contribution in [0.5, 0.6) is 5.75 Å². The molecule has 1 unspecified atom stereocenters. The molecule has 5 nitrogen and oxygen atoms in total. The van der Waals surface area contributed by atoms with Crippen molar-refractivity contribution in [1.82, 2.24) is 10.6 Å². The van der Waals surface area contributed by atoms with Crippen LogP contribution >= 0.6 is 0 Å². The number of hydrogen-bond donors (Lipinski definition) is 2. The van der Waals surface area contributed by atoms with Crippen molar-refractivity contribution in [3.05, 3.63) is 54.1 Å². The monoisotopic (exact) mass is 378 g/mol. The maximum Gasteiger partial charge on any atom is 0.416 e. The van der Waals surface area contributed by atoms with Crippen LogP contribution in [0.4, 0.5) is 18.0 Å². The molecule has 3 rings (SSSR count). The Hall–Kier alpha value is -3.03. The number of carbonyl (C=O) groups is 2. The number of imide groups is 1. The molecule has 142 valence electrons. The second-order valence-corrected chi connectivity index (χ2v) is 6.23. The van der Waals surface area contributed by atoms with Gasteiger partial charge in [-0.1, -0.05) is 31.2 Å². The van der Waals surface area contributed by atoms with Crippen molar-refractivity contribution in [2.45, 2.75) is 25.1 Å². The highest BCUT2D eigenvalue weighted by Gasteiger charge is 2.45. The van der Waals surface area contributed by atoms with Gasteiger partial charge in [-0.15, -0.1) is 0 Å². The summed E-state index contributed by atoms with van der Waals surface area (Å²) in [6, 6.07) is 11.1. The van der Waals surface area contributed by atoms with Crippen molar-refractivity contribution < 1.29 is 27.5 Å². The topological polar surface area (TPSA) is 67.4 Å². The fourth-order valence-corrected chi connectivity index (χ4v) is 2.78. The third-order valence-electron chi connectivity index (χ3n) is 4.50. The smallest absolute Gasteiger partial charge is 0.416 e. The fourth-order valence-electron chi connectivity index (χ4n) is 2.78. The second-order valence-electron chi connectivity index (χ2n) is 6.23. The Balaban J connectivity index is 1.69. The number of carbonyl (C=O) groups excluding carboxylic acids is 2. The summed E-state index contributed by atoms with van der Waals surface area (Å²) >= 11 is 0. The lowest BCUT2D eigenvalue weighted by Gasteiger charge is -2.24. The highest BCUT2D eigenvalue weighted by atomic mass is 19.4. The van der Waals surface area contributed by atoms with Crippen LogP contribution in [-0.4, -0.2) is 24.1 Å². The molecule has 1 aliphatic heterocycles. The van der Waals surface area contributed by atoms with Crippen molar-refractivity contribution in [1.29, 1.82) is 0 Å². The summed E-state index contributed by atoms with van der Waals surface area (Å²) in [5, 5.41) is 4.77. The molecule has 0 aliphatic carbocycles. The van der Waals surface area contributed by atoms with Gasteiger partial charge >= 0.3 is 12.2 Å². The molecule has 0 radical (unpaired) electrons. The van der Waals surface area contributed by atoms with E-state index in [4.69, 9.17) is 4.74 Å². The molecule has 1 aliphatic rings. The van der Waals surface area contributed by atoms with Crippen molar-refractivity contribution in [2.75, 3.05) is 6.61 Å². The Morgan fingerprint density at radius 1 is 0.963 bits per heavy atom. The highest BCUT2D eigenvalue weighted by molar-refractivity contribution is 6.07. The van der Waals surface area contributed by atoms with Crippen molar-refractivity contribution >= 4 is 11.9 Å². The van der Waals surface area contributed by atoms with Gasteiger partial charge < -0.3 is 10.1 Å². The summed E-state index contributed by atoms with van der Waals surface area (Å²) in [5.41, 5.74) is -0.438. The van der Waals surface area contributed by atoms with Crippen LogP contribution in [0.1, 0.15) is 18.9 Å². The Morgan fingerprint density at radius 2 is 1.52 bits per heavy atom. The van der Waals surface area contributed by atoms with E-state index in [-0.39, 0.29) is 6.61 Å². The maximum atomic E-state index is 12.6. The molecule has 2 aromatic carbocycles. The SMILES string of the molecule is CCC1(COc2ccc(-c3ccc(C(F)(F)F)cc3)cc2)NC(=O)NC1=O. The summed E-state index contributed by atoms with van der Waals surface area (Å²) in [4.78, 5) is 23.3. The normalized spacial score (nSPS) is 19.6. The molecular formula is C19H17F3N2O3. The van der Waals surface area contributed by atoms with E-state index in [2.05, 4.69) is 10.6 Å². The minimum Gasteiger partial charge on any atom is -0.491 e. The first-order valence-electron chi connectivity index (χ1n) is 8.27. The van der Waals surface area contributed by atoms with Crippen LogP contribution < -0.4 is 15.4 Å². The molecule has 1 saturated heterocycles. The molecule has 8 heteroatoms. The number of amides is 3. The fraction of sp³-hybridized carbons (Fsp3) is 0.263. The Labute approximate surface area is 153 Å². The molecule has 1 heterocycles. The third-order valence-corrected chi connectivity index (χ3v) is 4.50. The molecule has 1 fully saturated rings. The van der Waals surface area contributed by atoms with Crippen LogP contribution in [0.3, 0.4) is 0 Å². The Bertz CT molecular complexity index is 848. The molecular weight excluding hydrogens is 361 g/mol. The molecule has 0 aromatic heterocycles. The van der Waals surface area contributed by atoms with Crippen LogP contribution in [-0.2, 0) is 11.0 Å². The van der Waals surface area contributed by atoms with Crippen molar-refractivity contribution in [2.24, 2.45) is 0 Å². The number of hydrogen-bond acceptors (Lipinski definition) is 3. The van der Waals surface area contributed by atoms with E-state index >= 15 is 0 Å². The molecule has 0 saturated carbocycles. The van der Waals surface area contributed by atoms with E-state index in [1.807, 2.05) is 0 Å². The molecule has 1 atom stereocenters. The van der Waals surface area contributed by atoms with E-state index in [9.17, 15) is 22.8 Å². The lowest BCUT2D eigenvalue weighted by molar-refractivity contribution is -0.137. The Morgan fingerprint density at radius 3 is 1.96 bits per heavy atom. The first-order chi connectivity index (χ1) is 12.7. The highest BCUT2D eigenvalue weighted by Crippen LogP contribution is 2.31. The van der Waals surface area contributed by atoms with Crippen LogP contribution in [0.25, 0.3) is 11.1 Å². The number of alkyl halides is 3. The lowest BCUT2D eigenvalue weighted by atomic mass is 9.98. The minimum atomic E-state index is -4.37. The van der Waals surface area contributed by atoms with Gasteiger partial charge in [-0.3, -0.25) is 10.1 Å². The molecule has 27 heavy (non-hydrogen) atoms.